The Morgan fingerprint density at radius 2 is 1.40 bits per heavy atom. The van der Waals surface area contributed by atoms with E-state index in [1.807, 2.05) is 0 Å². The van der Waals surface area contributed by atoms with Crippen LogP contribution in [0.15, 0.2) is 59.6 Å². The molecule has 628 valence electrons. The third-order valence-corrected chi connectivity index (χ3v) is 21.0. The number of urea groups is 1. The maximum atomic E-state index is 15.2. The first-order chi connectivity index (χ1) is 54.6. The third kappa shape index (κ3) is 26.2. The summed E-state index contributed by atoms with van der Waals surface area (Å²) in [4.78, 5) is 240. The molecule has 18 amide bonds. The Morgan fingerprint density at radius 1 is 0.730 bits per heavy atom. The first-order valence-corrected chi connectivity index (χ1v) is 38.7. The van der Waals surface area contributed by atoms with E-state index in [2.05, 4.69) is 63.5 Å². The quantitative estimate of drug-likeness (QED) is 0.0237. The number of carbonyl (C=O) groups excluding carboxylic acids is 17. The van der Waals surface area contributed by atoms with Crippen molar-refractivity contribution in [2.45, 2.75) is 171 Å². The van der Waals surface area contributed by atoms with Gasteiger partial charge in [0.15, 0.2) is 0 Å². The topological polar surface area (TPSA) is 571 Å². The first-order valence-electron chi connectivity index (χ1n) is 37.7. The summed E-state index contributed by atoms with van der Waals surface area (Å²) in [7, 11) is 4.11. The lowest BCUT2D eigenvalue weighted by Gasteiger charge is -2.32. The molecule has 0 saturated carbocycles. The number of benzene rings is 2. The second kappa shape index (κ2) is 43.0. The molecular weight excluding hydrogens is 1520 g/mol. The van der Waals surface area contributed by atoms with E-state index >= 15 is 14.4 Å². The summed E-state index contributed by atoms with van der Waals surface area (Å²) >= 11 is 0.937. The number of aromatic nitrogens is 1. The fourth-order valence-corrected chi connectivity index (χ4v) is 14.0. The number of fused-ring (bicyclic) bond motifs is 5. The lowest BCUT2D eigenvalue weighted by atomic mass is 9.93. The van der Waals surface area contributed by atoms with Crippen LogP contribution < -0.4 is 74.7 Å². The predicted octanol–water partition coefficient (Wildman–Crippen LogP) is -2.79. The van der Waals surface area contributed by atoms with E-state index in [4.69, 9.17) is 25.7 Å². The third-order valence-electron chi connectivity index (χ3n) is 19.9. The number of aliphatic hydroxyl groups excluding tert-OH is 2. The Labute approximate surface area is 666 Å². The van der Waals surface area contributed by atoms with Crippen LogP contribution in [-0.2, 0) is 89.6 Å². The molecule has 3 aromatic rings. The first kappa shape index (κ1) is 90.6. The number of methoxy groups -OCH3 is 1. The standard InChI is InChI=1S/C74H104N18O22S/c1-9-39(4)61-67(105)79-32-56(97)81-51-37-115-70-46(45-21-20-43(112-8)28-48(45)85-70)30-49(63(101)78-33-57(98)87-61)83-69(107)62(40(5)53(94)35-93)88-66(104)52-29-44(34-92(52)71(108)50(31-54(75)95)84-65(51)103)114-74(111)90(7)27-26-89(6)73(110)113-36-41-16-18-42(19-17-41)80-64(102)47(14-13-24-77-72(76)109)82-68(106)60(38(2)3)86-55(96)15-11-10-12-25-91-58(99)22-23-59(91)100/h16-23,28,38-40,44,47,49-53,60-62,85,93-94H,9-15,24-27,29-37H2,1-8H3,(H2,75,95)(H,78,101)(H,79,105)(H,80,102)(H,81,97)(H,82,106)(H,83,107)(H,84,103)(H,86,96)(H,87,98)(H,88,104)(H3,76,77,109)/t39-,40-,44+,47-,49-,50-,51+,52?,53-,60-,61-,62-/m0/s1. The summed E-state index contributed by atoms with van der Waals surface area (Å²) in [5.41, 5.74) is 12.5. The summed E-state index contributed by atoms with van der Waals surface area (Å²) in [5, 5.41) is 50.6. The summed E-state index contributed by atoms with van der Waals surface area (Å²) in [6, 6.07) is -2.10. The highest BCUT2D eigenvalue weighted by molar-refractivity contribution is 7.99. The molecule has 12 atom stereocenters. The van der Waals surface area contributed by atoms with E-state index in [0.717, 1.165) is 31.4 Å². The van der Waals surface area contributed by atoms with Crippen molar-refractivity contribution >= 4 is 129 Å². The van der Waals surface area contributed by atoms with Crippen LogP contribution in [0.3, 0.4) is 0 Å². The van der Waals surface area contributed by atoms with E-state index in [-0.39, 0.29) is 68.5 Å². The zero-order valence-corrected chi connectivity index (χ0v) is 66.1. The summed E-state index contributed by atoms with van der Waals surface area (Å²) in [6.07, 6.45) is -2.43. The van der Waals surface area contributed by atoms with Crippen LogP contribution in [0.2, 0.25) is 0 Å². The number of carbonyl (C=O) groups is 17. The van der Waals surface area contributed by atoms with Gasteiger partial charge in [0.05, 0.1) is 56.4 Å². The highest BCUT2D eigenvalue weighted by Crippen LogP contribution is 2.34. The summed E-state index contributed by atoms with van der Waals surface area (Å²) in [6.45, 7) is 4.67. The van der Waals surface area contributed by atoms with Crippen molar-refractivity contribution in [3.63, 3.8) is 0 Å². The van der Waals surface area contributed by atoms with Crippen LogP contribution in [0.5, 0.6) is 5.75 Å². The number of aliphatic hydroxyl groups is 2. The van der Waals surface area contributed by atoms with Gasteiger partial charge in [-0.05, 0) is 72.9 Å². The molecule has 0 aliphatic carbocycles. The number of nitrogens with zero attached hydrogens (tertiary/aromatic N) is 4. The molecule has 0 spiro atoms. The van der Waals surface area contributed by atoms with Gasteiger partial charge in [0, 0.05) is 100 Å². The normalized spacial score (nSPS) is 21.2. The fraction of sp³-hybridized carbons (Fsp3) is 0.554. The number of ether oxygens (including phenoxy) is 3. The van der Waals surface area contributed by atoms with Gasteiger partial charge in [0.25, 0.3) is 11.8 Å². The van der Waals surface area contributed by atoms with E-state index < -0.39 is 225 Å². The highest BCUT2D eigenvalue weighted by atomic mass is 32.2. The van der Waals surface area contributed by atoms with Crippen molar-refractivity contribution in [1.82, 2.24) is 77.8 Å². The van der Waals surface area contributed by atoms with Crippen molar-refractivity contribution in [2.75, 3.05) is 84.7 Å². The van der Waals surface area contributed by atoms with Gasteiger partial charge in [-0.2, -0.15) is 0 Å². The molecule has 41 heteroatoms. The van der Waals surface area contributed by atoms with Crippen LogP contribution in [0.25, 0.3) is 10.9 Å². The number of likely N-dealkylation sites (N-methyl/N-ethyl adjacent to an activating group) is 2. The Morgan fingerprint density at radius 3 is 2.04 bits per heavy atom. The number of amides is 18. The van der Waals surface area contributed by atoms with Gasteiger partial charge in [-0.1, -0.05) is 59.6 Å². The number of aromatic amines is 1. The number of unbranched alkanes of at least 4 members (excludes halogenated alkanes) is 2. The number of hydrogen-bond donors (Lipinski definition) is 16. The largest absolute Gasteiger partial charge is 0.497 e. The average Bonchev–Trinajstić information content (AvgIpc) is 1.66. The van der Waals surface area contributed by atoms with Crippen LogP contribution >= 0.6 is 11.8 Å². The molecule has 115 heavy (non-hydrogen) atoms. The molecule has 4 aliphatic rings. The molecule has 1 fully saturated rings. The van der Waals surface area contributed by atoms with Crippen LogP contribution in [0, 0.1) is 17.8 Å². The molecule has 4 aliphatic heterocycles. The zero-order chi connectivity index (χ0) is 84.5. The number of nitrogens with two attached hydrogens (primary N) is 2. The summed E-state index contributed by atoms with van der Waals surface area (Å²) in [5.74, 6) is -14.1. The van der Waals surface area contributed by atoms with Gasteiger partial charge in [0.2, 0.25) is 70.9 Å². The number of imide groups is 1. The van der Waals surface area contributed by atoms with Gasteiger partial charge in [0.1, 0.15) is 66.8 Å². The molecular formula is C74H104N18O22S. The van der Waals surface area contributed by atoms with E-state index in [0.29, 0.717) is 53.5 Å². The van der Waals surface area contributed by atoms with E-state index in [9.17, 15) is 77.3 Å². The Kier molecular flexibility index (Phi) is 33.9. The minimum absolute atomic E-state index is 0.0347. The minimum atomic E-state index is -1.92. The van der Waals surface area contributed by atoms with Crippen molar-refractivity contribution in [3.05, 3.63) is 65.7 Å². The Bertz CT molecular complexity index is 4110. The van der Waals surface area contributed by atoms with Gasteiger partial charge in [-0.25, -0.2) is 14.4 Å². The molecule has 18 N–H and O–H groups in total. The molecule has 1 saturated heterocycles. The van der Waals surface area contributed by atoms with Crippen molar-refractivity contribution < 1.29 is 106 Å². The monoisotopic (exact) mass is 1630 g/mol. The molecule has 0 radical (unpaired) electrons. The number of H-pyrrole nitrogens is 1. The van der Waals surface area contributed by atoms with Crippen molar-refractivity contribution in [1.29, 1.82) is 0 Å². The van der Waals surface area contributed by atoms with Crippen LogP contribution in [0.1, 0.15) is 104 Å². The average molecular weight is 1630 g/mol. The molecule has 5 heterocycles. The minimum Gasteiger partial charge on any atom is -0.497 e. The number of hydrogen-bond acceptors (Lipinski definition) is 23. The Balaban J connectivity index is 1.04. The van der Waals surface area contributed by atoms with Crippen LogP contribution in [-0.4, -0.2) is 276 Å². The molecule has 1 unspecified atom stereocenters. The number of nitrogens with one attached hydrogen (secondary N) is 12. The van der Waals surface area contributed by atoms with E-state index in [1.54, 1.807) is 58.0 Å². The summed E-state index contributed by atoms with van der Waals surface area (Å²) < 4.78 is 16.9. The van der Waals surface area contributed by atoms with Crippen molar-refractivity contribution in [3.8, 4) is 5.75 Å². The van der Waals surface area contributed by atoms with Gasteiger partial charge < -0.3 is 114 Å². The smallest absolute Gasteiger partial charge is 0.409 e. The SMILES string of the molecule is CC[C@H](C)[C@@H]1NC(=O)CNC(=O)[C@@H]2Cc3c([nH]c4cc(OC)ccc34)SC[C@@H](NC(=O)CNC1=O)C(=O)N[C@@H](CC(N)=O)C(=O)N1C[C@H](OC(=O)N(C)CCN(C)C(=O)OCc3ccc(NC(=O)[C@H](CCCNC(N)=O)NC(=O)[C@@H](NC(=O)CCCCCN4C(=O)C=CC4=O)C(C)C)cc3)CC1C(=O)N[C@@H]([C@@H](C)[C@@H](O)CO)C(=O)N2. The maximum Gasteiger partial charge on any atom is 0.409 e. The maximum absolute atomic E-state index is 15.2. The fourth-order valence-electron chi connectivity index (χ4n) is 12.8. The highest BCUT2D eigenvalue weighted by Gasteiger charge is 2.47. The van der Waals surface area contributed by atoms with Gasteiger partial charge >= 0.3 is 18.2 Å². The lowest BCUT2D eigenvalue weighted by Crippen LogP contribution is -2.62. The lowest BCUT2D eigenvalue weighted by molar-refractivity contribution is -0.144. The Hall–Kier alpha value is -11.6. The number of thioether (sulfide) groups is 1. The number of anilines is 1. The van der Waals surface area contributed by atoms with E-state index in [1.165, 1.54) is 52.4 Å². The zero-order valence-electron chi connectivity index (χ0n) is 65.3. The van der Waals surface area contributed by atoms with Crippen LogP contribution in [0.4, 0.5) is 20.1 Å². The molecule has 1 aromatic heterocycles. The molecule has 2 aromatic carbocycles. The molecule has 7 rings (SSSR count). The predicted molar refractivity (Wildman–Crippen MR) is 411 cm³/mol. The number of rotatable bonds is 30. The van der Waals surface area contributed by atoms with Gasteiger partial charge in [-0.3, -0.25) is 72.0 Å². The van der Waals surface area contributed by atoms with Crippen molar-refractivity contribution in [2.24, 2.45) is 29.2 Å². The van der Waals surface area contributed by atoms with Gasteiger partial charge in [-0.15, -0.1) is 11.8 Å². The molecule has 2 bridgehead atoms. The molecule has 40 nitrogen and oxygen atoms in total. The second-order valence-corrected chi connectivity index (χ2v) is 29.9. The number of primary amides is 2. The second-order valence-electron chi connectivity index (χ2n) is 28.8.